The molecule has 4 amide bonds. The summed E-state index contributed by atoms with van der Waals surface area (Å²) in [5.74, 6) is -0.0126. The van der Waals surface area contributed by atoms with Crippen molar-refractivity contribution in [2.24, 2.45) is 0 Å². The van der Waals surface area contributed by atoms with Crippen LogP contribution in [-0.4, -0.2) is 70.6 Å². The lowest BCUT2D eigenvalue weighted by Crippen LogP contribution is -2.50. The van der Waals surface area contributed by atoms with Crippen LogP contribution in [0.15, 0.2) is 0 Å². The van der Waals surface area contributed by atoms with Gasteiger partial charge in [0.2, 0.25) is 0 Å². The number of rotatable bonds is 4. The summed E-state index contributed by atoms with van der Waals surface area (Å²) in [6, 6.07) is -0.226. The van der Waals surface area contributed by atoms with Gasteiger partial charge in [0, 0.05) is 25.7 Å². The van der Waals surface area contributed by atoms with Gasteiger partial charge in [0.15, 0.2) is 0 Å². The third-order valence-corrected chi connectivity index (χ3v) is 5.56. The Hall–Kier alpha value is -1.79. The third-order valence-electron chi connectivity index (χ3n) is 5.56. The van der Waals surface area contributed by atoms with Crippen LogP contribution in [-0.2, 0) is 9.53 Å². The molecule has 0 aromatic carbocycles. The van der Waals surface area contributed by atoms with E-state index < -0.39 is 5.54 Å². The van der Waals surface area contributed by atoms with Crippen molar-refractivity contribution in [3.63, 3.8) is 0 Å². The standard InChI is InChI=1S/C17H27N3O4/c1-3-8-17-9-5-10-19(17)15(22)20(14(17)21)13-6-11-18(12-7-13)16(23)24-4-2/h13H,3-12H2,1-2H3. The van der Waals surface area contributed by atoms with Crippen LogP contribution in [0.3, 0.4) is 0 Å². The van der Waals surface area contributed by atoms with Gasteiger partial charge in [-0.05, 0) is 39.0 Å². The number of hydrogen-bond acceptors (Lipinski definition) is 4. The van der Waals surface area contributed by atoms with E-state index in [4.69, 9.17) is 4.74 Å². The largest absolute Gasteiger partial charge is 0.450 e. The molecule has 0 saturated carbocycles. The van der Waals surface area contributed by atoms with Gasteiger partial charge in [0.1, 0.15) is 5.54 Å². The highest BCUT2D eigenvalue weighted by atomic mass is 16.6. The number of fused-ring (bicyclic) bond motifs is 1. The molecule has 1 unspecified atom stereocenters. The molecule has 0 N–H and O–H groups in total. The SMILES string of the molecule is CCCC12CCCN1C(=O)N(C1CCN(C(=O)OCC)CC1)C2=O. The van der Waals surface area contributed by atoms with E-state index in [0.29, 0.717) is 39.1 Å². The van der Waals surface area contributed by atoms with E-state index in [-0.39, 0.29) is 24.1 Å². The van der Waals surface area contributed by atoms with Crippen molar-refractivity contribution in [3.05, 3.63) is 0 Å². The molecule has 3 rings (SSSR count). The maximum atomic E-state index is 13.1. The first kappa shape index (κ1) is 17.0. The number of piperidine rings is 1. The zero-order valence-electron chi connectivity index (χ0n) is 14.6. The van der Waals surface area contributed by atoms with Gasteiger partial charge >= 0.3 is 12.1 Å². The molecule has 0 bridgehead atoms. The lowest BCUT2D eigenvalue weighted by atomic mass is 9.90. The Morgan fingerprint density at radius 3 is 2.54 bits per heavy atom. The molecule has 24 heavy (non-hydrogen) atoms. The first-order chi connectivity index (χ1) is 11.5. The predicted octanol–water partition coefficient (Wildman–Crippen LogP) is 2.20. The van der Waals surface area contributed by atoms with E-state index in [1.54, 1.807) is 16.7 Å². The van der Waals surface area contributed by atoms with E-state index in [2.05, 4.69) is 6.92 Å². The zero-order chi connectivity index (χ0) is 17.3. The van der Waals surface area contributed by atoms with Crippen molar-refractivity contribution in [1.29, 1.82) is 0 Å². The minimum Gasteiger partial charge on any atom is -0.450 e. The Bertz CT molecular complexity index is 530. The molecule has 0 aromatic rings. The van der Waals surface area contributed by atoms with Crippen molar-refractivity contribution < 1.29 is 19.1 Å². The molecular formula is C17H27N3O4. The highest BCUT2D eigenvalue weighted by molar-refractivity contribution is 6.07. The summed E-state index contributed by atoms with van der Waals surface area (Å²) in [4.78, 5) is 42.7. The zero-order valence-corrected chi connectivity index (χ0v) is 14.6. The number of ether oxygens (including phenoxy) is 1. The van der Waals surface area contributed by atoms with Crippen LogP contribution in [0.2, 0.25) is 0 Å². The molecule has 3 aliphatic heterocycles. The number of carbonyl (C=O) groups is 3. The molecule has 7 heteroatoms. The van der Waals surface area contributed by atoms with Crippen molar-refractivity contribution in [2.45, 2.75) is 64.0 Å². The molecular weight excluding hydrogens is 310 g/mol. The number of likely N-dealkylation sites (tertiary alicyclic amines) is 1. The minimum atomic E-state index is -0.593. The van der Waals surface area contributed by atoms with Crippen LogP contribution < -0.4 is 0 Å². The van der Waals surface area contributed by atoms with Crippen LogP contribution >= 0.6 is 0 Å². The van der Waals surface area contributed by atoms with Gasteiger partial charge < -0.3 is 14.5 Å². The predicted molar refractivity (Wildman–Crippen MR) is 87.4 cm³/mol. The Kier molecular flexibility index (Phi) is 4.69. The van der Waals surface area contributed by atoms with Crippen molar-refractivity contribution >= 4 is 18.0 Å². The van der Waals surface area contributed by atoms with Gasteiger partial charge in [-0.15, -0.1) is 0 Å². The number of amides is 4. The number of carbonyl (C=O) groups excluding carboxylic acids is 3. The topological polar surface area (TPSA) is 70.2 Å². The fourth-order valence-corrected chi connectivity index (χ4v) is 4.44. The first-order valence-corrected chi connectivity index (χ1v) is 9.12. The summed E-state index contributed by atoms with van der Waals surface area (Å²) in [7, 11) is 0. The molecule has 0 spiro atoms. The number of hydrogen-bond donors (Lipinski definition) is 0. The van der Waals surface area contributed by atoms with Gasteiger partial charge in [-0.1, -0.05) is 13.3 Å². The fourth-order valence-electron chi connectivity index (χ4n) is 4.44. The molecule has 3 heterocycles. The van der Waals surface area contributed by atoms with Crippen molar-refractivity contribution in [3.8, 4) is 0 Å². The highest BCUT2D eigenvalue weighted by Crippen LogP contribution is 2.42. The Morgan fingerprint density at radius 1 is 1.21 bits per heavy atom. The average Bonchev–Trinajstić information content (AvgIpc) is 3.08. The lowest BCUT2D eigenvalue weighted by Gasteiger charge is -2.35. The second kappa shape index (κ2) is 6.61. The highest BCUT2D eigenvalue weighted by Gasteiger charge is 2.60. The maximum absolute atomic E-state index is 13.1. The Balaban J connectivity index is 1.69. The van der Waals surface area contributed by atoms with Crippen molar-refractivity contribution in [1.82, 2.24) is 14.7 Å². The van der Waals surface area contributed by atoms with Gasteiger partial charge in [0.25, 0.3) is 5.91 Å². The average molecular weight is 337 g/mol. The van der Waals surface area contributed by atoms with Crippen LogP contribution in [0.1, 0.15) is 52.4 Å². The van der Waals surface area contributed by atoms with E-state index in [9.17, 15) is 14.4 Å². The summed E-state index contributed by atoms with van der Waals surface area (Å²) in [5.41, 5.74) is -0.593. The quantitative estimate of drug-likeness (QED) is 0.738. The Labute approximate surface area is 142 Å². The van der Waals surface area contributed by atoms with Crippen LogP contribution in [0.5, 0.6) is 0 Å². The van der Waals surface area contributed by atoms with Crippen molar-refractivity contribution in [2.75, 3.05) is 26.2 Å². The molecule has 0 radical (unpaired) electrons. The summed E-state index contributed by atoms with van der Waals surface area (Å²) >= 11 is 0. The second-order valence-corrected chi connectivity index (χ2v) is 6.91. The van der Waals surface area contributed by atoms with E-state index >= 15 is 0 Å². The Morgan fingerprint density at radius 2 is 1.92 bits per heavy atom. The third kappa shape index (κ3) is 2.54. The van der Waals surface area contributed by atoms with Crippen LogP contribution in [0.4, 0.5) is 9.59 Å². The smallest absolute Gasteiger partial charge is 0.409 e. The molecule has 0 aromatic heterocycles. The van der Waals surface area contributed by atoms with E-state index in [1.807, 2.05) is 0 Å². The molecule has 134 valence electrons. The normalized spacial score (nSPS) is 27.8. The maximum Gasteiger partial charge on any atom is 0.409 e. The summed E-state index contributed by atoms with van der Waals surface area (Å²) in [6.45, 7) is 5.94. The molecule has 1 atom stereocenters. The minimum absolute atomic E-state index is 0.0126. The van der Waals surface area contributed by atoms with Gasteiger partial charge in [-0.2, -0.15) is 0 Å². The molecule has 7 nitrogen and oxygen atoms in total. The summed E-state index contributed by atoms with van der Waals surface area (Å²) in [6.07, 6.45) is 4.29. The van der Waals surface area contributed by atoms with E-state index in [1.165, 1.54) is 4.90 Å². The molecule has 0 aliphatic carbocycles. The molecule has 3 saturated heterocycles. The fraction of sp³-hybridized carbons (Fsp3) is 0.824. The monoisotopic (exact) mass is 337 g/mol. The lowest BCUT2D eigenvalue weighted by molar-refractivity contribution is -0.134. The molecule has 3 fully saturated rings. The second-order valence-electron chi connectivity index (χ2n) is 6.91. The van der Waals surface area contributed by atoms with Crippen LogP contribution in [0.25, 0.3) is 0 Å². The van der Waals surface area contributed by atoms with Gasteiger partial charge in [0.05, 0.1) is 6.61 Å². The summed E-state index contributed by atoms with van der Waals surface area (Å²) < 4.78 is 5.02. The number of imide groups is 1. The molecule has 3 aliphatic rings. The number of nitrogens with zero attached hydrogens (tertiary/aromatic N) is 3. The first-order valence-electron chi connectivity index (χ1n) is 9.12. The van der Waals surface area contributed by atoms with Gasteiger partial charge in [-0.25, -0.2) is 9.59 Å². The van der Waals surface area contributed by atoms with E-state index in [0.717, 1.165) is 25.7 Å². The van der Waals surface area contributed by atoms with Crippen LogP contribution in [0, 0.1) is 0 Å². The summed E-state index contributed by atoms with van der Waals surface area (Å²) in [5, 5.41) is 0. The number of urea groups is 1. The van der Waals surface area contributed by atoms with Gasteiger partial charge in [-0.3, -0.25) is 9.69 Å².